The maximum Gasteiger partial charge on any atom is 0.323 e. The lowest BCUT2D eigenvalue weighted by Crippen LogP contribution is -2.50. The number of fused-ring (bicyclic) bond motifs is 2. The highest BCUT2D eigenvalue weighted by Gasteiger charge is 2.32. The maximum absolute atomic E-state index is 13.5. The van der Waals surface area contributed by atoms with Crippen molar-refractivity contribution >= 4 is 29.3 Å². The molecule has 1 fully saturated rings. The number of likely N-dealkylation sites (N-methyl/N-ethyl adjacent to an activating group) is 1. The Kier molecular flexibility index (Phi) is 9.99. The normalized spacial score (nSPS) is 20.7. The van der Waals surface area contributed by atoms with E-state index in [9.17, 15) is 19.5 Å². The van der Waals surface area contributed by atoms with Crippen molar-refractivity contribution in [2.45, 2.75) is 70.6 Å². The van der Waals surface area contributed by atoms with Crippen molar-refractivity contribution < 1.29 is 33.7 Å². The summed E-state index contributed by atoms with van der Waals surface area (Å²) < 4.78 is 17.2. The number of amides is 5. The molecule has 0 bridgehead atoms. The third-order valence-electron chi connectivity index (χ3n) is 8.54. The largest absolute Gasteiger partial charge is 0.488 e. The van der Waals surface area contributed by atoms with Crippen molar-refractivity contribution in [2.75, 3.05) is 44.2 Å². The van der Waals surface area contributed by atoms with E-state index in [1.165, 1.54) is 6.42 Å². The average molecular weight is 610 g/mol. The Hall–Kier alpha value is -4.19. The van der Waals surface area contributed by atoms with Crippen LogP contribution in [0.5, 0.6) is 17.2 Å². The molecule has 0 saturated heterocycles. The minimum atomic E-state index is -0.466. The van der Waals surface area contributed by atoms with Crippen LogP contribution in [-0.4, -0.2) is 84.6 Å². The summed E-state index contributed by atoms with van der Waals surface area (Å²) in [6.07, 6.45) is 5.03. The fourth-order valence-electron chi connectivity index (χ4n) is 5.88. The molecule has 5 amide bonds. The van der Waals surface area contributed by atoms with Crippen molar-refractivity contribution in [2.24, 2.45) is 5.92 Å². The van der Waals surface area contributed by atoms with Gasteiger partial charge in [-0.2, -0.15) is 0 Å². The molecular formula is C32H43N5O7. The molecule has 238 valence electrons. The van der Waals surface area contributed by atoms with Gasteiger partial charge >= 0.3 is 12.1 Å². The first kappa shape index (κ1) is 31.2. The molecule has 0 spiro atoms. The average Bonchev–Trinajstić information content (AvgIpc) is 3.49. The van der Waals surface area contributed by atoms with Crippen molar-refractivity contribution in [1.29, 1.82) is 0 Å². The van der Waals surface area contributed by atoms with E-state index in [0.29, 0.717) is 47.3 Å². The van der Waals surface area contributed by atoms with Gasteiger partial charge in [0.2, 0.25) is 12.7 Å². The van der Waals surface area contributed by atoms with Crippen LogP contribution < -0.4 is 30.2 Å². The summed E-state index contributed by atoms with van der Waals surface area (Å²) in [6.45, 7) is 4.43. The van der Waals surface area contributed by atoms with E-state index in [2.05, 4.69) is 16.0 Å². The Morgan fingerprint density at radius 1 is 1.02 bits per heavy atom. The number of aliphatic hydroxyl groups excluding tert-OH is 1. The number of rotatable bonds is 7. The van der Waals surface area contributed by atoms with Crippen LogP contribution in [0.2, 0.25) is 0 Å². The van der Waals surface area contributed by atoms with Gasteiger partial charge in [0, 0.05) is 48.6 Å². The van der Waals surface area contributed by atoms with E-state index < -0.39 is 18.2 Å². The molecule has 4 N–H and O–H groups in total. The number of carbonyl (C=O) groups is 3. The van der Waals surface area contributed by atoms with Gasteiger partial charge in [-0.25, -0.2) is 9.59 Å². The van der Waals surface area contributed by atoms with E-state index in [0.717, 1.165) is 25.7 Å². The molecule has 44 heavy (non-hydrogen) atoms. The van der Waals surface area contributed by atoms with Crippen LogP contribution in [0, 0.1) is 5.92 Å². The second kappa shape index (κ2) is 14.1. The fraction of sp³-hybridized carbons (Fsp3) is 0.531. The first-order valence-corrected chi connectivity index (χ1v) is 15.4. The molecule has 5 rings (SSSR count). The third kappa shape index (κ3) is 7.65. The molecule has 0 radical (unpaired) electrons. The Labute approximate surface area is 258 Å². The first-order valence-electron chi connectivity index (χ1n) is 15.4. The standard InChI is InChI=1S/C32H43N5O7/c1-20-16-37(21(2)18-38)30(39)14-22-13-24(33-31(40)34-25-10-12-27-28(15-25)43-19-42-27)9-11-26(22)44-29(20)17-36(3)32(41)35-23-7-5-4-6-8-23/h9-13,15,20-21,23,29,38H,4-8,14,16-19H2,1-3H3,(H,35,41)(H2,33,34,40)/t20-,21-,29+/m0/s1. The van der Waals surface area contributed by atoms with Crippen LogP contribution in [0.1, 0.15) is 51.5 Å². The van der Waals surface area contributed by atoms with Crippen molar-refractivity contribution in [3.63, 3.8) is 0 Å². The van der Waals surface area contributed by atoms with E-state index in [-0.39, 0.29) is 43.7 Å². The van der Waals surface area contributed by atoms with Crippen LogP contribution in [0.15, 0.2) is 36.4 Å². The predicted molar refractivity (Wildman–Crippen MR) is 165 cm³/mol. The van der Waals surface area contributed by atoms with Crippen molar-refractivity contribution in [1.82, 2.24) is 15.1 Å². The lowest BCUT2D eigenvalue weighted by atomic mass is 9.96. The molecule has 1 saturated carbocycles. The molecule has 1 aliphatic carbocycles. The minimum Gasteiger partial charge on any atom is -0.488 e. The summed E-state index contributed by atoms with van der Waals surface area (Å²) >= 11 is 0. The molecule has 2 aromatic carbocycles. The number of carbonyl (C=O) groups excluding carboxylic acids is 3. The van der Waals surface area contributed by atoms with Crippen LogP contribution >= 0.6 is 0 Å². The number of nitrogens with zero attached hydrogens (tertiary/aromatic N) is 2. The predicted octanol–water partition coefficient (Wildman–Crippen LogP) is 4.18. The number of anilines is 2. The van der Waals surface area contributed by atoms with Gasteiger partial charge in [0.25, 0.3) is 0 Å². The van der Waals surface area contributed by atoms with Gasteiger partial charge in [0.05, 0.1) is 25.6 Å². The number of benzene rings is 2. The van der Waals surface area contributed by atoms with Crippen molar-refractivity contribution in [3.8, 4) is 17.2 Å². The Bertz CT molecular complexity index is 1350. The molecule has 12 heteroatoms. The highest BCUT2D eigenvalue weighted by molar-refractivity contribution is 6.00. The smallest absolute Gasteiger partial charge is 0.323 e. The molecule has 2 aromatic rings. The highest BCUT2D eigenvalue weighted by Crippen LogP contribution is 2.34. The number of hydrogen-bond donors (Lipinski definition) is 4. The topological polar surface area (TPSA) is 142 Å². The number of urea groups is 2. The van der Waals surface area contributed by atoms with Gasteiger partial charge in [-0.15, -0.1) is 0 Å². The Morgan fingerprint density at radius 2 is 1.70 bits per heavy atom. The first-order chi connectivity index (χ1) is 21.2. The number of aliphatic hydroxyl groups is 1. The van der Waals surface area contributed by atoms with E-state index in [4.69, 9.17) is 14.2 Å². The zero-order valence-electron chi connectivity index (χ0n) is 25.6. The zero-order chi connectivity index (χ0) is 31.2. The van der Waals surface area contributed by atoms with E-state index in [1.54, 1.807) is 53.2 Å². The molecule has 12 nitrogen and oxygen atoms in total. The molecule has 2 heterocycles. The highest BCUT2D eigenvalue weighted by atomic mass is 16.7. The minimum absolute atomic E-state index is 0.0242. The van der Waals surface area contributed by atoms with Crippen LogP contribution in [0.25, 0.3) is 0 Å². The molecule has 0 aromatic heterocycles. The van der Waals surface area contributed by atoms with Gasteiger partial charge in [-0.05, 0) is 50.1 Å². The summed E-state index contributed by atoms with van der Waals surface area (Å²) in [5.74, 6) is 1.38. The zero-order valence-corrected chi connectivity index (χ0v) is 25.6. The van der Waals surface area contributed by atoms with E-state index in [1.807, 2.05) is 13.8 Å². The Balaban J connectivity index is 1.32. The number of hydrogen-bond acceptors (Lipinski definition) is 7. The maximum atomic E-state index is 13.5. The summed E-state index contributed by atoms with van der Waals surface area (Å²) in [5.41, 5.74) is 1.61. The second-order valence-electron chi connectivity index (χ2n) is 12.0. The molecular weight excluding hydrogens is 566 g/mol. The van der Waals surface area contributed by atoms with Gasteiger partial charge < -0.3 is 45.1 Å². The lowest BCUT2D eigenvalue weighted by molar-refractivity contribution is -0.134. The van der Waals surface area contributed by atoms with Crippen LogP contribution in [-0.2, 0) is 11.2 Å². The Morgan fingerprint density at radius 3 is 2.43 bits per heavy atom. The molecule has 0 unspecified atom stereocenters. The van der Waals surface area contributed by atoms with Crippen LogP contribution in [0.3, 0.4) is 0 Å². The number of nitrogens with one attached hydrogen (secondary N) is 3. The van der Waals surface area contributed by atoms with Crippen LogP contribution in [0.4, 0.5) is 21.0 Å². The summed E-state index contributed by atoms with van der Waals surface area (Å²) in [6, 6.07) is 9.49. The lowest BCUT2D eigenvalue weighted by Gasteiger charge is -2.34. The SMILES string of the molecule is C[C@H]1CN([C@@H](C)CO)C(=O)Cc2cc(NC(=O)Nc3ccc4c(c3)OCO4)ccc2O[C@@H]1CN(C)C(=O)NC1CCCCC1. The number of ether oxygens (including phenoxy) is 3. The molecule has 2 aliphatic heterocycles. The van der Waals surface area contributed by atoms with Gasteiger partial charge in [-0.3, -0.25) is 4.79 Å². The summed E-state index contributed by atoms with van der Waals surface area (Å²) in [4.78, 5) is 42.7. The van der Waals surface area contributed by atoms with E-state index >= 15 is 0 Å². The monoisotopic (exact) mass is 609 g/mol. The van der Waals surface area contributed by atoms with Gasteiger partial charge in [0.15, 0.2) is 11.5 Å². The van der Waals surface area contributed by atoms with Crippen molar-refractivity contribution in [3.05, 3.63) is 42.0 Å². The molecule has 3 atom stereocenters. The summed E-state index contributed by atoms with van der Waals surface area (Å²) in [5, 5.41) is 18.7. The second-order valence-corrected chi connectivity index (χ2v) is 12.0. The quantitative estimate of drug-likeness (QED) is 0.369. The molecule has 3 aliphatic rings. The van der Waals surface area contributed by atoms with Gasteiger partial charge in [-0.1, -0.05) is 26.2 Å². The summed E-state index contributed by atoms with van der Waals surface area (Å²) in [7, 11) is 1.76. The third-order valence-corrected chi connectivity index (χ3v) is 8.54. The van der Waals surface area contributed by atoms with Gasteiger partial charge in [0.1, 0.15) is 11.9 Å². The fourth-order valence-corrected chi connectivity index (χ4v) is 5.88.